The molecule has 0 N–H and O–H groups in total. The summed E-state index contributed by atoms with van der Waals surface area (Å²) in [5.74, 6) is 0. The Morgan fingerprint density at radius 3 is 1.89 bits per heavy atom. The zero-order valence-electron chi connectivity index (χ0n) is 4.63. The summed E-state index contributed by atoms with van der Waals surface area (Å²) in [6.07, 6.45) is -3.68. The van der Waals surface area contributed by atoms with Crippen LogP contribution >= 0.6 is 0 Å². The van der Waals surface area contributed by atoms with Crippen LogP contribution in [0, 0.1) is 0 Å². The van der Waals surface area contributed by atoms with E-state index < -0.39 is 11.7 Å². The largest absolute Gasteiger partial charge is 0.423 e. The van der Waals surface area contributed by atoms with Gasteiger partial charge in [0.05, 0.1) is 5.57 Å². The molecule has 0 bridgehead atoms. The highest BCUT2D eigenvalue weighted by Crippen LogP contribution is 2.24. The van der Waals surface area contributed by atoms with Crippen molar-refractivity contribution in [1.29, 1.82) is 0 Å². The number of alkyl halides is 3. The van der Waals surface area contributed by atoms with Crippen LogP contribution in [0.2, 0.25) is 0 Å². The lowest BCUT2D eigenvalue weighted by Crippen LogP contribution is -2.08. The summed E-state index contributed by atoms with van der Waals surface area (Å²) < 4.78 is 34.5. The van der Waals surface area contributed by atoms with Gasteiger partial charge in [-0.05, 0) is 6.08 Å². The molecule has 0 aromatic heterocycles. The summed E-state index contributed by atoms with van der Waals surface area (Å²) in [6.45, 7) is 5.78. The minimum Gasteiger partial charge on any atom is -0.165 e. The fourth-order valence-corrected chi connectivity index (χ4v) is 0.288. The first-order valence-corrected chi connectivity index (χ1v) is 2.12. The summed E-state index contributed by atoms with van der Waals surface area (Å²) in [6, 6.07) is 0. The number of rotatable bonds is 1. The highest BCUT2D eigenvalue weighted by Gasteiger charge is 2.30. The minimum atomic E-state index is -4.36. The zero-order chi connectivity index (χ0) is 7.49. The van der Waals surface area contributed by atoms with Gasteiger partial charge >= 0.3 is 6.18 Å². The summed E-state index contributed by atoms with van der Waals surface area (Å²) in [7, 11) is 0. The number of hydrogen-bond donors (Lipinski definition) is 0. The van der Waals surface area contributed by atoms with E-state index in [2.05, 4.69) is 13.2 Å². The summed E-state index contributed by atoms with van der Waals surface area (Å²) >= 11 is 0. The van der Waals surface area contributed by atoms with E-state index in [-0.39, 0.29) is 0 Å². The van der Waals surface area contributed by atoms with E-state index in [4.69, 9.17) is 0 Å². The average molecular weight is 134 g/mol. The third-order valence-electron chi connectivity index (χ3n) is 0.700. The Labute approximate surface area is 51.0 Å². The maximum atomic E-state index is 11.5. The average Bonchev–Trinajstić information content (AvgIpc) is 1.65. The molecule has 0 heterocycles. The lowest BCUT2D eigenvalue weighted by Gasteiger charge is -2.01. The molecule has 0 aromatic carbocycles. The van der Waals surface area contributed by atoms with Crippen molar-refractivity contribution in [3.05, 3.63) is 30.5 Å². The molecule has 0 radical (unpaired) electrons. The molecule has 0 spiro atoms. The maximum Gasteiger partial charge on any atom is 0.423 e. The SMILES string of the molecule is C=C=C(C=C)C(F)(F)F. The molecule has 0 rings (SSSR count). The Bertz CT molecular complexity index is 158. The molecular weight excluding hydrogens is 129 g/mol. The van der Waals surface area contributed by atoms with Crippen molar-refractivity contribution >= 4 is 0 Å². The zero-order valence-corrected chi connectivity index (χ0v) is 4.63. The molecular formula is C6H5F3. The fraction of sp³-hybridized carbons (Fsp3) is 0.167. The van der Waals surface area contributed by atoms with Gasteiger partial charge in [-0.15, -0.1) is 5.73 Å². The van der Waals surface area contributed by atoms with Gasteiger partial charge in [-0.25, -0.2) is 0 Å². The maximum absolute atomic E-state index is 11.5. The van der Waals surface area contributed by atoms with Crippen molar-refractivity contribution in [2.24, 2.45) is 0 Å². The van der Waals surface area contributed by atoms with E-state index in [1.807, 2.05) is 0 Å². The Morgan fingerprint density at radius 2 is 1.89 bits per heavy atom. The van der Waals surface area contributed by atoms with Crippen LogP contribution in [0.1, 0.15) is 0 Å². The van der Waals surface area contributed by atoms with Crippen LogP contribution in [-0.4, -0.2) is 6.18 Å². The molecule has 3 heteroatoms. The minimum absolute atomic E-state index is 0.674. The third-order valence-corrected chi connectivity index (χ3v) is 0.700. The van der Waals surface area contributed by atoms with Gasteiger partial charge in [0.15, 0.2) is 0 Å². The van der Waals surface area contributed by atoms with Crippen LogP contribution in [0.15, 0.2) is 30.5 Å². The van der Waals surface area contributed by atoms with Crippen LogP contribution in [0.25, 0.3) is 0 Å². The van der Waals surface area contributed by atoms with Crippen molar-refractivity contribution in [1.82, 2.24) is 0 Å². The molecule has 0 aliphatic rings. The quantitative estimate of drug-likeness (QED) is 0.381. The fourth-order valence-electron chi connectivity index (χ4n) is 0.288. The monoisotopic (exact) mass is 134 g/mol. The predicted molar refractivity (Wildman–Crippen MR) is 28.9 cm³/mol. The number of hydrogen-bond acceptors (Lipinski definition) is 0. The van der Waals surface area contributed by atoms with Gasteiger partial charge in [0.2, 0.25) is 0 Å². The summed E-state index contributed by atoms with van der Waals surface area (Å²) in [4.78, 5) is 0. The van der Waals surface area contributed by atoms with Crippen LogP contribution in [0.3, 0.4) is 0 Å². The van der Waals surface area contributed by atoms with E-state index in [0.717, 1.165) is 0 Å². The van der Waals surface area contributed by atoms with Crippen molar-refractivity contribution in [3.8, 4) is 0 Å². The first-order chi connectivity index (χ1) is 4.02. The Kier molecular flexibility index (Phi) is 2.29. The molecule has 50 valence electrons. The molecule has 0 aliphatic carbocycles. The second kappa shape index (κ2) is 2.55. The second-order valence-corrected chi connectivity index (χ2v) is 1.29. The normalized spacial score (nSPS) is 10.1. The Morgan fingerprint density at radius 1 is 1.44 bits per heavy atom. The van der Waals surface area contributed by atoms with E-state index in [1.165, 1.54) is 0 Å². The number of allylic oxidation sites excluding steroid dienone is 2. The van der Waals surface area contributed by atoms with E-state index in [0.29, 0.717) is 6.08 Å². The van der Waals surface area contributed by atoms with Gasteiger partial charge in [0, 0.05) is 0 Å². The smallest absolute Gasteiger partial charge is 0.165 e. The molecule has 0 atom stereocenters. The summed E-state index contributed by atoms with van der Waals surface area (Å²) in [5, 5.41) is 0. The topological polar surface area (TPSA) is 0 Å². The predicted octanol–water partition coefficient (Wildman–Crippen LogP) is 2.45. The van der Waals surface area contributed by atoms with Crippen LogP contribution in [0.4, 0.5) is 13.2 Å². The van der Waals surface area contributed by atoms with Gasteiger partial charge in [-0.1, -0.05) is 13.2 Å². The van der Waals surface area contributed by atoms with Gasteiger partial charge in [0.1, 0.15) is 0 Å². The molecule has 0 aromatic rings. The van der Waals surface area contributed by atoms with E-state index in [9.17, 15) is 13.2 Å². The Hall–Kier alpha value is -0.950. The van der Waals surface area contributed by atoms with Crippen LogP contribution in [0.5, 0.6) is 0 Å². The molecule has 0 saturated heterocycles. The molecule has 0 amide bonds. The lowest BCUT2D eigenvalue weighted by atomic mass is 10.3. The number of halogens is 3. The van der Waals surface area contributed by atoms with Crippen molar-refractivity contribution in [2.75, 3.05) is 0 Å². The third kappa shape index (κ3) is 2.20. The van der Waals surface area contributed by atoms with Crippen LogP contribution in [-0.2, 0) is 0 Å². The van der Waals surface area contributed by atoms with Gasteiger partial charge in [-0.3, -0.25) is 0 Å². The Balaban J connectivity index is 4.53. The highest BCUT2D eigenvalue weighted by molar-refractivity contribution is 5.19. The van der Waals surface area contributed by atoms with Crippen LogP contribution < -0.4 is 0 Å². The highest BCUT2D eigenvalue weighted by atomic mass is 19.4. The molecule has 0 aliphatic heterocycles. The van der Waals surface area contributed by atoms with E-state index in [1.54, 1.807) is 5.73 Å². The molecule has 9 heavy (non-hydrogen) atoms. The molecule has 0 saturated carbocycles. The molecule has 0 unspecified atom stereocenters. The first kappa shape index (κ1) is 8.05. The first-order valence-electron chi connectivity index (χ1n) is 2.12. The van der Waals surface area contributed by atoms with Crippen molar-refractivity contribution in [3.63, 3.8) is 0 Å². The van der Waals surface area contributed by atoms with Gasteiger partial charge in [-0.2, -0.15) is 13.2 Å². The van der Waals surface area contributed by atoms with Gasteiger partial charge < -0.3 is 0 Å². The standard InChI is InChI=1S/C6H5F3/c1-3-5(4-2)6(7,8)9/h3H,1-2H2. The van der Waals surface area contributed by atoms with Crippen molar-refractivity contribution in [2.45, 2.75) is 6.18 Å². The molecule has 0 nitrogen and oxygen atoms in total. The lowest BCUT2D eigenvalue weighted by molar-refractivity contribution is -0.0879. The van der Waals surface area contributed by atoms with E-state index >= 15 is 0 Å². The second-order valence-electron chi connectivity index (χ2n) is 1.29. The summed E-state index contributed by atoms with van der Waals surface area (Å²) in [5.41, 5.74) is 0.787. The van der Waals surface area contributed by atoms with Crippen molar-refractivity contribution < 1.29 is 13.2 Å². The molecule has 0 fully saturated rings. The van der Waals surface area contributed by atoms with Gasteiger partial charge in [0.25, 0.3) is 0 Å².